The van der Waals surface area contributed by atoms with Crippen molar-refractivity contribution in [2.24, 2.45) is 0 Å². The molecule has 0 atom stereocenters. The highest BCUT2D eigenvalue weighted by Crippen LogP contribution is 2.32. The lowest BCUT2D eigenvalue weighted by Crippen LogP contribution is -2.41. The number of methoxy groups -OCH3 is 2. The summed E-state index contributed by atoms with van der Waals surface area (Å²) in [4.78, 5) is 23.2. The van der Waals surface area contributed by atoms with Gasteiger partial charge in [-0.1, -0.05) is 11.3 Å². The predicted octanol–water partition coefficient (Wildman–Crippen LogP) is 3.39. The summed E-state index contributed by atoms with van der Waals surface area (Å²) >= 11 is 1.52. The molecule has 0 N–H and O–H groups in total. The number of carbonyl (C=O) groups is 1. The predicted molar refractivity (Wildman–Crippen MR) is 107 cm³/mol. The summed E-state index contributed by atoms with van der Waals surface area (Å²) in [7, 11) is 3.16. The molecule has 3 aromatic rings. The first-order valence-electron chi connectivity index (χ1n) is 9.07. The maximum absolute atomic E-state index is 12.8. The van der Waals surface area contributed by atoms with Crippen LogP contribution in [0.25, 0.3) is 10.2 Å². The quantitative estimate of drug-likeness (QED) is 0.655. The van der Waals surface area contributed by atoms with E-state index in [1.54, 1.807) is 25.4 Å². The molecule has 0 unspecified atom stereocenters. The van der Waals surface area contributed by atoms with Crippen molar-refractivity contribution in [3.8, 4) is 16.8 Å². The van der Waals surface area contributed by atoms with Gasteiger partial charge in [0.05, 0.1) is 24.4 Å². The Morgan fingerprint density at radius 3 is 2.75 bits per heavy atom. The van der Waals surface area contributed by atoms with Gasteiger partial charge in [-0.3, -0.25) is 4.79 Å². The van der Waals surface area contributed by atoms with E-state index in [1.807, 2.05) is 23.1 Å². The molecule has 0 bridgehead atoms. The Morgan fingerprint density at radius 2 is 2.00 bits per heavy atom. The van der Waals surface area contributed by atoms with Gasteiger partial charge in [-0.15, -0.1) is 0 Å². The number of fused-ring (bicyclic) bond motifs is 1. The second kappa shape index (κ2) is 8.02. The van der Waals surface area contributed by atoms with E-state index in [2.05, 4.69) is 9.97 Å². The number of benzene rings is 1. The molecule has 2 aromatic heterocycles. The summed E-state index contributed by atoms with van der Waals surface area (Å²) in [6.07, 6.45) is 3.17. The molecule has 146 valence electrons. The lowest BCUT2D eigenvalue weighted by atomic mass is 10.1. The Balaban J connectivity index is 1.38. The van der Waals surface area contributed by atoms with Gasteiger partial charge < -0.3 is 19.1 Å². The number of rotatable bonds is 5. The molecule has 3 heterocycles. The van der Waals surface area contributed by atoms with Crippen LogP contribution in [-0.2, 0) is 0 Å². The van der Waals surface area contributed by atoms with Crippen LogP contribution in [0.1, 0.15) is 23.2 Å². The van der Waals surface area contributed by atoms with Gasteiger partial charge >= 0.3 is 0 Å². The zero-order chi connectivity index (χ0) is 19.5. The second-order valence-corrected chi connectivity index (χ2v) is 7.48. The van der Waals surface area contributed by atoms with Crippen LogP contribution in [0, 0.1) is 0 Å². The molecule has 8 heteroatoms. The Labute approximate surface area is 166 Å². The van der Waals surface area contributed by atoms with Gasteiger partial charge in [0.25, 0.3) is 11.1 Å². The van der Waals surface area contributed by atoms with Crippen LogP contribution >= 0.6 is 11.3 Å². The molecule has 1 amide bonds. The Bertz CT molecular complexity index is 982. The summed E-state index contributed by atoms with van der Waals surface area (Å²) < 4.78 is 17.6. The van der Waals surface area contributed by atoms with Crippen molar-refractivity contribution in [1.29, 1.82) is 0 Å². The van der Waals surface area contributed by atoms with Crippen molar-refractivity contribution in [2.45, 2.75) is 18.9 Å². The number of hydrogen-bond donors (Lipinski definition) is 0. The van der Waals surface area contributed by atoms with Crippen LogP contribution in [0.3, 0.4) is 0 Å². The minimum Gasteiger partial charge on any atom is -0.497 e. The highest BCUT2D eigenvalue weighted by molar-refractivity contribution is 7.20. The molecule has 0 radical (unpaired) electrons. The highest BCUT2D eigenvalue weighted by atomic mass is 32.1. The number of pyridine rings is 1. The number of thiazole rings is 1. The molecule has 1 aromatic carbocycles. The molecule has 28 heavy (non-hydrogen) atoms. The fraction of sp³-hybridized carbons (Fsp3) is 0.350. The van der Waals surface area contributed by atoms with Crippen LogP contribution in [0.15, 0.2) is 36.5 Å². The number of aromatic nitrogens is 2. The molecule has 0 saturated carbocycles. The molecule has 0 spiro atoms. The molecule has 0 aliphatic carbocycles. The SMILES string of the molecule is COc1ccc2sc(OC3CCN(C(=O)c4cccnc4OC)CC3)nc2c1. The van der Waals surface area contributed by atoms with Crippen LogP contribution in [0.2, 0.25) is 0 Å². The third-order valence-electron chi connectivity index (χ3n) is 4.77. The van der Waals surface area contributed by atoms with Gasteiger partial charge in [-0.2, -0.15) is 0 Å². The lowest BCUT2D eigenvalue weighted by Gasteiger charge is -2.31. The van der Waals surface area contributed by atoms with E-state index in [0.717, 1.165) is 28.8 Å². The average Bonchev–Trinajstić information content (AvgIpc) is 3.15. The van der Waals surface area contributed by atoms with Crippen molar-refractivity contribution in [3.63, 3.8) is 0 Å². The maximum Gasteiger partial charge on any atom is 0.274 e. The number of nitrogens with zero attached hydrogens (tertiary/aromatic N) is 3. The van der Waals surface area contributed by atoms with E-state index in [-0.39, 0.29) is 12.0 Å². The number of amides is 1. The topological polar surface area (TPSA) is 73.8 Å². The fourth-order valence-corrected chi connectivity index (χ4v) is 4.13. The third-order valence-corrected chi connectivity index (χ3v) is 5.69. The Kier molecular flexibility index (Phi) is 5.29. The molecule has 4 rings (SSSR count). The zero-order valence-electron chi connectivity index (χ0n) is 15.8. The highest BCUT2D eigenvalue weighted by Gasteiger charge is 2.27. The second-order valence-electron chi connectivity index (χ2n) is 6.48. The molecule has 1 aliphatic heterocycles. The molecule has 7 nitrogen and oxygen atoms in total. The van der Waals surface area contributed by atoms with Crippen molar-refractivity contribution >= 4 is 27.5 Å². The number of hydrogen-bond acceptors (Lipinski definition) is 7. The normalized spacial score (nSPS) is 14.9. The minimum atomic E-state index is -0.0597. The van der Waals surface area contributed by atoms with Gasteiger partial charge in [0.2, 0.25) is 5.88 Å². The third kappa shape index (κ3) is 3.73. The van der Waals surface area contributed by atoms with E-state index in [4.69, 9.17) is 14.2 Å². The average molecular weight is 399 g/mol. The molecule has 1 fully saturated rings. The molecule has 1 saturated heterocycles. The number of likely N-dealkylation sites (tertiary alicyclic amines) is 1. The summed E-state index contributed by atoms with van der Waals surface area (Å²) in [5, 5.41) is 0.655. The standard InChI is InChI=1S/C20H21N3O4S/c1-25-14-5-6-17-16(12-14)22-20(28-17)27-13-7-10-23(11-8-13)19(24)15-4-3-9-21-18(15)26-2/h3-6,9,12-13H,7-8,10-11H2,1-2H3. The van der Waals surface area contributed by atoms with Crippen LogP contribution in [0.5, 0.6) is 16.8 Å². The Hall–Kier alpha value is -2.87. The van der Waals surface area contributed by atoms with Crippen LogP contribution < -0.4 is 14.2 Å². The summed E-state index contributed by atoms with van der Waals surface area (Å²) in [5.41, 5.74) is 1.36. The summed E-state index contributed by atoms with van der Waals surface area (Å²) in [6.45, 7) is 1.25. The van der Waals surface area contributed by atoms with Crippen molar-refractivity contribution < 1.29 is 19.0 Å². The van der Waals surface area contributed by atoms with Gasteiger partial charge in [0.1, 0.15) is 17.4 Å². The smallest absolute Gasteiger partial charge is 0.274 e. The number of ether oxygens (including phenoxy) is 3. The lowest BCUT2D eigenvalue weighted by molar-refractivity contribution is 0.0592. The van der Waals surface area contributed by atoms with Crippen molar-refractivity contribution in [2.75, 3.05) is 27.3 Å². The largest absolute Gasteiger partial charge is 0.497 e. The van der Waals surface area contributed by atoms with Crippen molar-refractivity contribution in [3.05, 3.63) is 42.1 Å². The van der Waals surface area contributed by atoms with E-state index in [9.17, 15) is 4.79 Å². The number of carbonyl (C=O) groups excluding carboxylic acids is 1. The van der Waals surface area contributed by atoms with E-state index in [0.29, 0.717) is 29.7 Å². The summed E-state index contributed by atoms with van der Waals surface area (Å²) in [5.74, 6) is 1.08. The van der Waals surface area contributed by atoms with E-state index < -0.39 is 0 Å². The first kappa shape index (κ1) is 18.5. The molecular weight excluding hydrogens is 378 g/mol. The first-order chi connectivity index (χ1) is 13.7. The monoisotopic (exact) mass is 399 g/mol. The van der Waals surface area contributed by atoms with Crippen LogP contribution in [-0.4, -0.2) is 54.2 Å². The first-order valence-corrected chi connectivity index (χ1v) is 9.89. The Morgan fingerprint density at radius 1 is 1.18 bits per heavy atom. The molecule has 1 aliphatic rings. The molecular formula is C20H21N3O4S. The zero-order valence-corrected chi connectivity index (χ0v) is 16.6. The van der Waals surface area contributed by atoms with Gasteiger partial charge in [0.15, 0.2) is 0 Å². The van der Waals surface area contributed by atoms with E-state index in [1.165, 1.54) is 18.4 Å². The fourth-order valence-electron chi connectivity index (χ4n) is 3.27. The number of piperidine rings is 1. The van der Waals surface area contributed by atoms with Gasteiger partial charge in [-0.25, -0.2) is 9.97 Å². The van der Waals surface area contributed by atoms with Crippen molar-refractivity contribution in [1.82, 2.24) is 14.9 Å². The van der Waals surface area contributed by atoms with Gasteiger partial charge in [0, 0.05) is 38.2 Å². The van der Waals surface area contributed by atoms with E-state index >= 15 is 0 Å². The minimum absolute atomic E-state index is 0.0438. The summed E-state index contributed by atoms with van der Waals surface area (Å²) in [6, 6.07) is 9.30. The van der Waals surface area contributed by atoms with Gasteiger partial charge in [-0.05, 0) is 24.3 Å². The van der Waals surface area contributed by atoms with Crippen LogP contribution in [0.4, 0.5) is 0 Å². The maximum atomic E-state index is 12.8.